The van der Waals surface area contributed by atoms with Crippen molar-refractivity contribution in [1.82, 2.24) is 9.78 Å². The van der Waals surface area contributed by atoms with E-state index in [0.717, 1.165) is 23.8 Å². The van der Waals surface area contributed by atoms with E-state index in [4.69, 9.17) is 11.6 Å². The monoisotopic (exact) mass is 362 g/mol. The first-order valence-electron chi connectivity index (χ1n) is 7.24. The molecule has 2 N–H and O–H groups in total. The Morgan fingerprint density at radius 2 is 1.76 bits per heavy atom. The van der Waals surface area contributed by atoms with E-state index in [0.29, 0.717) is 16.4 Å². The number of anilines is 2. The predicted molar refractivity (Wildman–Crippen MR) is 92.7 cm³/mol. The topological polar surface area (TPSA) is 59.0 Å². The number of aromatic nitrogens is 2. The Bertz CT molecular complexity index is 902. The first kappa shape index (κ1) is 16.9. The van der Waals surface area contributed by atoms with Gasteiger partial charge in [0.15, 0.2) is 0 Å². The highest BCUT2D eigenvalue weighted by atomic mass is 35.5. The zero-order valence-corrected chi connectivity index (χ0v) is 13.8. The van der Waals surface area contributed by atoms with Crippen LogP contribution in [0.15, 0.2) is 48.7 Å². The number of urea groups is 1. The Morgan fingerprint density at radius 1 is 1.08 bits per heavy atom. The molecule has 2 aromatic carbocycles. The van der Waals surface area contributed by atoms with Crippen molar-refractivity contribution in [2.75, 3.05) is 10.6 Å². The molecule has 3 aromatic rings. The Morgan fingerprint density at radius 3 is 2.40 bits per heavy atom. The minimum atomic E-state index is -0.775. The summed E-state index contributed by atoms with van der Waals surface area (Å²) >= 11 is 6.12. The maximum absolute atomic E-state index is 13.2. The van der Waals surface area contributed by atoms with Gasteiger partial charge < -0.3 is 10.6 Å². The van der Waals surface area contributed by atoms with E-state index in [2.05, 4.69) is 15.7 Å². The second kappa shape index (κ2) is 6.90. The zero-order valence-electron chi connectivity index (χ0n) is 13.1. The number of rotatable bonds is 3. The fourth-order valence-corrected chi connectivity index (χ4v) is 2.67. The van der Waals surface area contributed by atoms with Crippen LogP contribution < -0.4 is 10.6 Å². The third kappa shape index (κ3) is 3.95. The molecule has 1 heterocycles. The summed E-state index contributed by atoms with van der Waals surface area (Å²) in [6.45, 7) is 0. The van der Waals surface area contributed by atoms with E-state index < -0.39 is 17.7 Å². The third-order valence-corrected chi connectivity index (χ3v) is 3.69. The standard InChI is InChI=1S/C17H13ClF2N4O/c1-24-16(15(18)9-21-24)10-3-2-4-13(5-10)22-17(25)23-14-7-11(19)6-12(20)8-14/h2-9H,1H3,(H2,22,23,25). The van der Waals surface area contributed by atoms with Crippen molar-refractivity contribution < 1.29 is 13.6 Å². The van der Waals surface area contributed by atoms with Gasteiger partial charge in [0.1, 0.15) is 11.6 Å². The summed E-state index contributed by atoms with van der Waals surface area (Å²) in [7, 11) is 1.76. The first-order valence-corrected chi connectivity index (χ1v) is 7.62. The van der Waals surface area contributed by atoms with E-state index in [-0.39, 0.29) is 5.69 Å². The lowest BCUT2D eigenvalue weighted by Crippen LogP contribution is -2.19. The van der Waals surface area contributed by atoms with Gasteiger partial charge in [0.25, 0.3) is 0 Å². The molecule has 0 spiro atoms. The number of carbonyl (C=O) groups excluding carboxylic acids is 1. The molecule has 128 valence electrons. The number of amides is 2. The Labute approximate surface area is 147 Å². The van der Waals surface area contributed by atoms with Gasteiger partial charge in [0.05, 0.1) is 16.9 Å². The number of nitrogens with one attached hydrogen (secondary N) is 2. The molecular weight excluding hydrogens is 350 g/mol. The molecule has 5 nitrogen and oxygen atoms in total. The van der Waals surface area contributed by atoms with Crippen molar-refractivity contribution in [3.05, 3.63) is 65.3 Å². The van der Waals surface area contributed by atoms with Crippen molar-refractivity contribution in [2.45, 2.75) is 0 Å². The smallest absolute Gasteiger partial charge is 0.308 e. The van der Waals surface area contributed by atoms with E-state index >= 15 is 0 Å². The largest absolute Gasteiger partial charge is 0.323 e. The van der Waals surface area contributed by atoms with Gasteiger partial charge in [-0.3, -0.25) is 4.68 Å². The SMILES string of the molecule is Cn1ncc(Cl)c1-c1cccc(NC(=O)Nc2cc(F)cc(F)c2)c1. The summed E-state index contributed by atoms with van der Waals surface area (Å²) in [5, 5.41) is 9.53. The van der Waals surface area contributed by atoms with Gasteiger partial charge in [-0.1, -0.05) is 23.7 Å². The van der Waals surface area contributed by atoms with Crippen molar-refractivity contribution in [3.63, 3.8) is 0 Å². The molecule has 1 aromatic heterocycles. The highest BCUT2D eigenvalue weighted by Gasteiger charge is 2.11. The van der Waals surface area contributed by atoms with Crippen molar-refractivity contribution in [3.8, 4) is 11.3 Å². The van der Waals surface area contributed by atoms with Gasteiger partial charge in [0, 0.05) is 30.1 Å². The number of nitrogens with zero attached hydrogens (tertiary/aromatic N) is 2. The molecule has 8 heteroatoms. The molecule has 0 atom stereocenters. The van der Waals surface area contributed by atoms with Crippen LogP contribution in [-0.4, -0.2) is 15.8 Å². The molecule has 0 saturated heterocycles. The van der Waals surface area contributed by atoms with Gasteiger partial charge in [-0.2, -0.15) is 5.10 Å². The third-order valence-electron chi connectivity index (χ3n) is 3.41. The molecule has 0 saturated carbocycles. The predicted octanol–water partition coefficient (Wildman–Crippen LogP) is 4.66. The summed E-state index contributed by atoms with van der Waals surface area (Å²) in [5.41, 5.74) is 1.97. The van der Waals surface area contributed by atoms with Gasteiger partial charge in [-0.15, -0.1) is 0 Å². The van der Waals surface area contributed by atoms with Crippen LogP contribution in [0, 0.1) is 11.6 Å². The Kier molecular flexibility index (Phi) is 4.67. The fraction of sp³-hybridized carbons (Fsp3) is 0.0588. The number of halogens is 3. The van der Waals surface area contributed by atoms with Crippen molar-refractivity contribution in [1.29, 1.82) is 0 Å². The van der Waals surface area contributed by atoms with Crippen molar-refractivity contribution in [2.24, 2.45) is 7.05 Å². The second-order valence-electron chi connectivity index (χ2n) is 5.28. The van der Waals surface area contributed by atoms with Crippen LogP contribution in [-0.2, 0) is 7.05 Å². The molecular formula is C17H13ClF2N4O. The quantitative estimate of drug-likeness (QED) is 0.711. The number of benzene rings is 2. The minimum absolute atomic E-state index is 0.0147. The summed E-state index contributed by atoms with van der Waals surface area (Å²) in [6, 6.07) is 9.11. The van der Waals surface area contributed by atoms with E-state index in [1.807, 2.05) is 6.07 Å². The van der Waals surface area contributed by atoms with Gasteiger partial charge in [-0.25, -0.2) is 13.6 Å². The minimum Gasteiger partial charge on any atom is -0.308 e. The van der Waals surface area contributed by atoms with E-state index in [9.17, 15) is 13.6 Å². The number of carbonyl (C=O) groups is 1. The summed E-state index contributed by atoms with van der Waals surface area (Å²) < 4.78 is 27.9. The lowest BCUT2D eigenvalue weighted by atomic mass is 10.1. The fourth-order valence-electron chi connectivity index (χ4n) is 2.40. The van der Waals surface area contributed by atoms with Gasteiger partial charge >= 0.3 is 6.03 Å². The first-order chi connectivity index (χ1) is 11.9. The van der Waals surface area contributed by atoms with Gasteiger partial charge in [0.2, 0.25) is 0 Å². The average Bonchev–Trinajstić information content (AvgIpc) is 2.85. The zero-order chi connectivity index (χ0) is 18.0. The Hall–Kier alpha value is -2.93. The maximum atomic E-state index is 13.2. The molecule has 0 bridgehead atoms. The number of hydrogen-bond acceptors (Lipinski definition) is 2. The molecule has 25 heavy (non-hydrogen) atoms. The molecule has 0 unspecified atom stereocenters. The molecule has 0 aliphatic carbocycles. The van der Waals surface area contributed by atoms with Crippen LogP contribution in [0.5, 0.6) is 0 Å². The molecule has 0 fully saturated rings. The highest BCUT2D eigenvalue weighted by molar-refractivity contribution is 6.33. The summed E-state index contributed by atoms with van der Waals surface area (Å²) in [6.07, 6.45) is 1.53. The highest BCUT2D eigenvalue weighted by Crippen LogP contribution is 2.28. The van der Waals surface area contributed by atoms with Gasteiger partial charge in [-0.05, 0) is 24.3 Å². The Balaban J connectivity index is 1.77. The maximum Gasteiger partial charge on any atom is 0.323 e. The van der Waals surface area contributed by atoms with Crippen LogP contribution in [0.2, 0.25) is 5.02 Å². The summed E-state index contributed by atoms with van der Waals surface area (Å²) in [5.74, 6) is -1.55. The van der Waals surface area contributed by atoms with Crippen LogP contribution in [0.1, 0.15) is 0 Å². The average molecular weight is 363 g/mol. The van der Waals surface area contributed by atoms with Crippen molar-refractivity contribution >= 4 is 29.0 Å². The van der Waals surface area contributed by atoms with E-state index in [1.165, 1.54) is 6.20 Å². The number of aryl methyl sites for hydroxylation is 1. The van der Waals surface area contributed by atoms with E-state index in [1.54, 1.807) is 29.9 Å². The lowest BCUT2D eigenvalue weighted by Gasteiger charge is -2.10. The van der Waals surface area contributed by atoms with Crippen LogP contribution in [0.3, 0.4) is 0 Å². The molecule has 2 amide bonds. The molecule has 0 aliphatic rings. The van der Waals surface area contributed by atoms with Crippen LogP contribution in [0.4, 0.5) is 25.0 Å². The van der Waals surface area contributed by atoms with Crippen LogP contribution in [0.25, 0.3) is 11.3 Å². The lowest BCUT2D eigenvalue weighted by molar-refractivity contribution is 0.262. The van der Waals surface area contributed by atoms with Crippen LogP contribution >= 0.6 is 11.6 Å². The summed E-state index contributed by atoms with van der Waals surface area (Å²) in [4.78, 5) is 12.0. The molecule has 3 rings (SSSR count). The molecule has 0 aliphatic heterocycles. The number of hydrogen-bond donors (Lipinski definition) is 2. The molecule has 0 radical (unpaired) electrons. The second-order valence-corrected chi connectivity index (χ2v) is 5.69. The normalized spacial score (nSPS) is 10.6.